The van der Waals surface area contributed by atoms with Gasteiger partial charge in [0, 0.05) is 7.05 Å². The molecular weight excluding hydrogens is 280 g/mol. The van der Waals surface area contributed by atoms with Crippen molar-refractivity contribution in [1.82, 2.24) is 5.32 Å². The lowest BCUT2D eigenvalue weighted by atomic mass is 10.0. The summed E-state index contributed by atoms with van der Waals surface area (Å²) in [4.78, 5) is 14.3. The van der Waals surface area contributed by atoms with Crippen LogP contribution in [0.4, 0.5) is 5.69 Å². The standard InChI is InChI=1S/C17H18N2O3/c1-3-22-15-10-11(8-9-14(15)20)16-18-17(21)12-6-4-5-7-13(12)19(16)2/h4-10,16,20H,3H2,1-2H3,(H,18,21). The quantitative estimate of drug-likeness (QED) is 0.914. The maximum absolute atomic E-state index is 12.3. The van der Waals surface area contributed by atoms with E-state index < -0.39 is 0 Å². The summed E-state index contributed by atoms with van der Waals surface area (Å²) >= 11 is 0. The van der Waals surface area contributed by atoms with Gasteiger partial charge in [-0.1, -0.05) is 18.2 Å². The number of para-hydroxylation sites is 1. The minimum atomic E-state index is -0.304. The van der Waals surface area contributed by atoms with Crippen LogP contribution in [-0.2, 0) is 0 Å². The molecule has 5 heteroatoms. The molecule has 5 nitrogen and oxygen atoms in total. The summed E-state index contributed by atoms with van der Waals surface area (Å²) < 4.78 is 5.42. The van der Waals surface area contributed by atoms with E-state index in [1.54, 1.807) is 24.3 Å². The van der Waals surface area contributed by atoms with Crippen LogP contribution in [-0.4, -0.2) is 24.7 Å². The van der Waals surface area contributed by atoms with Crippen LogP contribution in [0, 0.1) is 0 Å². The smallest absolute Gasteiger partial charge is 0.255 e. The molecule has 0 radical (unpaired) electrons. The van der Waals surface area contributed by atoms with Crippen molar-refractivity contribution >= 4 is 11.6 Å². The van der Waals surface area contributed by atoms with Crippen LogP contribution in [0.3, 0.4) is 0 Å². The van der Waals surface area contributed by atoms with Gasteiger partial charge in [0.25, 0.3) is 5.91 Å². The van der Waals surface area contributed by atoms with Crippen molar-refractivity contribution in [3.8, 4) is 11.5 Å². The van der Waals surface area contributed by atoms with Gasteiger partial charge in [-0.3, -0.25) is 4.79 Å². The summed E-state index contributed by atoms with van der Waals surface area (Å²) in [5, 5.41) is 12.8. The van der Waals surface area contributed by atoms with Crippen LogP contribution in [0.25, 0.3) is 0 Å². The van der Waals surface area contributed by atoms with Crippen molar-refractivity contribution in [2.24, 2.45) is 0 Å². The lowest BCUT2D eigenvalue weighted by Crippen LogP contribution is -2.44. The van der Waals surface area contributed by atoms with Crippen LogP contribution < -0.4 is 15.0 Å². The van der Waals surface area contributed by atoms with Crippen LogP contribution >= 0.6 is 0 Å². The van der Waals surface area contributed by atoms with E-state index >= 15 is 0 Å². The van der Waals surface area contributed by atoms with E-state index in [1.165, 1.54) is 0 Å². The summed E-state index contributed by atoms with van der Waals surface area (Å²) in [7, 11) is 1.93. The zero-order valence-corrected chi connectivity index (χ0v) is 12.5. The Morgan fingerprint density at radius 2 is 2.05 bits per heavy atom. The van der Waals surface area contributed by atoms with E-state index in [0.29, 0.717) is 17.9 Å². The molecule has 1 amide bonds. The number of carbonyl (C=O) groups is 1. The number of amides is 1. The summed E-state index contributed by atoms with van der Waals surface area (Å²) in [5.74, 6) is 0.405. The number of rotatable bonds is 3. The van der Waals surface area contributed by atoms with Crippen molar-refractivity contribution < 1.29 is 14.6 Å². The van der Waals surface area contributed by atoms with Gasteiger partial charge in [0.15, 0.2) is 11.5 Å². The van der Waals surface area contributed by atoms with Crippen molar-refractivity contribution in [2.75, 3.05) is 18.6 Å². The molecule has 22 heavy (non-hydrogen) atoms. The molecule has 0 aromatic heterocycles. The molecule has 1 atom stereocenters. The normalized spacial score (nSPS) is 16.9. The van der Waals surface area contributed by atoms with E-state index in [2.05, 4.69) is 5.32 Å². The number of benzene rings is 2. The van der Waals surface area contributed by atoms with Gasteiger partial charge in [0.05, 0.1) is 17.9 Å². The van der Waals surface area contributed by atoms with E-state index in [1.807, 2.05) is 37.1 Å². The first-order valence-corrected chi connectivity index (χ1v) is 7.20. The second-order valence-electron chi connectivity index (χ2n) is 5.16. The van der Waals surface area contributed by atoms with Crippen molar-refractivity contribution in [3.05, 3.63) is 53.6 Å². The summed E-state index contributed by atoms with van der Waals surface area (Å²) in [5.41, 5.74) is 2.39. The highest BCUT2D eigenvalue weighted by Crippen LogP contribution is 2.35. The number of aromatic hydroxyl groups is 1. The second-order valence-corrected chi connectivity index (χ2v) is 5.16. The highest BCUT2D eigenvalue weighted by molar-refractivity contribution is 6.02. The van der Waals surface area contributed by atoms with E-state index in [9.17, 15) is 9.90 Å². The molecular formula is C17H18N2O3. The number of anilines is 1. The molecule has 1 heterocycles. The van der Waals surface area contributed by atoms with Crippen LogP contribution in [0.5, 0.6) is 11.5 Å². The predicted octanol–water partition coefficient (Wildman–Crippen LogP) is 2.67. The van der Waals surface area contributed by atoms with E-state index in [4.69, 9.17) is 4.74 Å². The monoisotopic (exact) mass is 298 g/mol. The van der Waals surface area contributed by atoms with Crippen molar-refractivity contribution in [1.29, 1.82) is 0 Å². The summed E-state index contributed by atoms with van der Waals surface area (Å²) in [6.45, 7) is 2.32. The van der Waals surface area contributed by atoms with E-state index in [0.717, 1.165) is 11.3 Å². The Balaban J connectivity index is 2.00. The van der Waals surface area contributed by atoms with E-state index in [-0.39, 0.29) is 17.8 Å². The zero-order chi connectivity index (χ0) is 15.7. The van der Waals surface area contributed by atoms with Gasteiger partial charge in [-0.2, -0.15) is 0 Å². The lowest BCUT2D eigenvalue weighted by Gasteiger charge is -2.36. The molecule has 3 rings (SSSR count). The maximum Gasteiger partial charge on any atom is 0.255 e. The molecule has 0 saturated heterocycles. The number of fused-ring (bicyclic) bond motifs is 1. The Hall–Kier alpha value is -2.69. The summed E-state index contributed by atoms with van der Waals surface area (Å²) in [6, 6.07) is 12.6. The van der Waals surface area contributed by atoms with Gasteiger partial charge in [-0.15, -0.1) is 0 Å². The van der Waals surface area contributed by atoms with Crippen molar-refractivity contribution in [2.45, 2.75) is 13.1 Å². The number of ether oxygens (including phenoxy) is 1. The van der Waals surface area contributed by atoms with Crippen LogP contribution in [0.1, 0.15) is 29.0 Å². The largest absolute Gasteiger partial charge is 0.504 e. The molecule has 2 N–H and O–H groups in total. The molecule has 0 fully saturated rings. The van der Waals surface area contributed by atoms with Gasteiger partial charge in [0.1, 0.15) is 6.17 Å². The lowest BCUT2D eigenvalue weighted by molar-refractivity contribution is 0.0928. The molecule has 0 aliphatic carbocycles. The Kier molecular flexibility index (Phi) is 3.63. The molecule has 2 aromatic carbocycles. The average Bonchev–Trinajstić information content (AvgIpc) is 2.53. The fourth-order valence-corrected chi connectivity index (χ4v) is 2.69. The number of hydrogen-bond donors (Lipinski definition) is 2. The van der Waals surface area contributed by atoms with Crippen LogP contribution in [0.15, 0.2) is 42.5 Å². The third-order valence-electron chi connectivity index (χ3n) is 3.78. The fourth-order valence-electron chi connectivity index (χ4n) is 2.69. The first-order valence-electron chi connectivity index (χ1n) is 7.20. The number of carbonyl (C=O) groups excluding carboxylic acids is 1. The highest BCUT2D eigenvalue weighted by atomic mass is 16.5. The molecule has 0 spiro atoms. The van der Waals surface area contributed by atoms with Gasteiger partial charge in [0.2, 0.25) is 0 Å². The third-order valence-corrected chi connectivity index (χ3v) is 3.78. The number of phenolic OH excluding ortho intramolecular Hbond substituents is 1. The number of nitrogens with one attached hydrogen (secondary N) is 1. The molecule has 2 aromatic rings. The Bertz CT molecular complexity index is 715. The second kappa shape index (κ2) is 5.60. The van der Waals surface area contributed by atoms with Gasteiger partial charge < -0.3 is 20.1 Å². The fraction of sp³-hybridized carbons (Fsp3) is 0.235. The number of phenols is 1. The molecule has 0 saturated carbocycles. The topological polar surface area (TPSA) is 61.8 Å². The minimum absolute atomic E-state index is 0.0933. The minimum Gasteiger partial charge on any atom is -0.504 e. The average molecular weight is 298 g/mol. The van der Waals surface area contributed by atoms with Crippen molar-refractivity contribution in [3.63, 3.8) is 0 Å². The number of nitrogens with zero attached hydrogens (tertiary/aromatic N) is 1. The Labute approximate surface area is 129 Å². The Morgan fingerprint density at radius 3 is 2.82 bits per heavy atom. The first kappa shape index (κ1) is 14.3. The summed E-state index contributed by atoms with van der Waals surface area (Å²) in [6.07, 6.45) is -0.304. The first-order chi connectivity index (χ1) is 10.6. The van der Waals surface area contributed by atoms with Crippen LogP contribution in [0.2, 0.25) is 0 Å². The molecule has 1 aliphatic rings. The predicted molar refractivity (Wildman–Crippen MR) is 84.3 cm³/mol. The molecule has 1 unspecified atom stereocenters. The van der Waals surface area contributed by atoms with Gasteiger partial charge in [-0.25, -0.2) is 0 Å². The van der Waals surface area contributed by atoms with Gasteiger partial charge >= 0.3 is 0 Å². The highest BCUT2D eigenvalue weighted by Gasteiger charge is 2.29. The third kappa shape index (κ3) is 2.35. The number of hydrogen-bond acceptors (Lipinski definition) is 4. The molecule has 1 aliphatic heterocycles. The zero-order valence-electron chi connectivity index (χ0n) is 12.5. The van der Waals surface area contributed by atoms with Gasteiger partial charge in [-0.05, 0) is 36.8 Å². The maximum atomic E-state index is 12.3. The molecule has 114 valence electrons. The Morgan fingerprint density at radius 1 is 1.27 bits per heavy atom. The molecule has 0 bridgehead atoms. The SMILES string of the molecule is CCOc1cc(C2NC(=O)c3ccccc3N2C)ccc1O.